The van der Waals surface area contributed by atoms with Crippen LogP contribution in [-0.2, 0) is 28.6 Å². The molecule has 1 heterocycles. The van der Waals surface area contributed by atoms with Gasteiger partial charge in [-0.2, -0.15) is 0 Å². The molecule has 0 fully saturated rings. The van der Waals surface area contributed by atoms with E-state index in [4.69, 9.17) is 14.2 Å². The number of cyclic esters (lactones) is 1. The first kappa shape index (κ1) is 38.9. The Labute approximate surface area is 269 Å². The topological polar surface area (TPSA) is 132 Å². The summed E-state index contributed by atoms with van der Waals surface area (Å²) in [6.45, 7) is 14.0. The molecule has 3 N–H and O–H groups in total. The van der Waals surface area contributed by atoms with Gasteiger partial charge in [0.2, 0.25) is 11.8 Å². The fourth-order valence-electron chi connectivity index (χ4n) is 4.32. The number of hydrogen-bond acceptors (Lipinski definition) is 7. The number of methoxy groups -OCH3 is 1. The van der Waals surface area contributed by atoms with Gasteiger partial charge in [-0.1, -0.05) is 89.1 Å². The van der Waals surface area contributed by atoms with E-state index in [1.807, 2.05) is 72.8 Å². The second-order valence-corrected chi connectivity index (χ2v) is 12.0. The predicted molar refractivity (Wildman–Crippen MR) is 177 cm³/mol. The molecule has 0 aromatic rings. The Morgan fingerprint density at radius 2 is 1.82 bits per heavy atom. The Hall–Kier alpha value is -4.08. The molecule has 45 heavy (non-hydrogen) atoms. The molecule has 10 nitrogen and oxygen atoms in total. The summed E-state index contributed by atoms with van der Waals surface area (Å²) in [5.74, 6) is -1.01. The Kier molecular flexibility index (Phi) is 18.0. The second-order valence-electron chi connectivity index (χ2n) is 12.0. The third kappa shape index (κ3) is 16.0. The molecular formula is C35H53N3O7. The van der Waals surface area contributed by atoms with E-state index in [1.165, 1.54) is 19.4 Å². The van der Waals surface area contributed by atoms with Gasteiger partial charge in [-0.15, -0.1) is 0 Å². The molecule has 0 spiro atoms. The average Bonchev–Trinajstić information content (AvgIpc) is 2.98. The SMILES string of the molecule is CC=CCC(CC=CNC(=O)C(NC(=O)C=CC=CC(C)=CC(C)C1CC=C(OC)C(=O)O1)C(C)(C)C)OC(=O)NCCCC. The van der Waals surface area contributed by atoms with E-state index in [0.717, 1.165) is 18.4 Å². The fourth-order valence-corrected chi connectivity index (χ4v) is 4.32. The summed E-state index contributed by atoms with van der Waals surface area (Å²) >= 11 is 0. The van der Waals surface area contributed by atoms with E-state index < -0.39 is 29.4 Å². The van der Waals surface area contributed by atoms with Crippen molar-refractivity contribution < 1.29 is 33.4 Å². The number of ether oxygens (including phenoxy) is 3. The largest absolute Gasteiger partial charge is 0.490 e. The highest BCUT2D eigenvalue weighted by molar-refractivity contribution is 5.93. The lowest BCUT2D eigenvalue weighted by molar-refractivity contribution is -0.151. The smallest absolute Gasteiger partial charge is 0.407 e. The molecule has 3 amide bonds. The average molecular weight is 628 g/mol. The van der Waals surface area contributed by atoms with Gasteiger partial charge >= 0.3 is 12.1 Å². The van der Waals surface area contributed by atoms with Crippen LogP contribution < -0.4 is 16.0 Å². The van der Waals surface area contributed by atoms with E-state index >= 15 is 0 Å². The molecule has 1 aliphatic rings. The van der Waals surface area contributed by atoms with Crippen LogP contribution in [0, 0.1) is 11.3 Å². The molecule has 0 saturated heterocycles. The normalized spacial score (nSPS) is 18.0. The number of amides is 3. The van der Waals surface area contributed by atoms with Crippen molar-refractivity contribution in [1.29, 1.82) is 0 Å². The predicted octanol–water partition coefficient (Wildman–Crippen LogP) is 5.94. The van der Waals surface area contributed by atoms with Gasteiger partial charge in [-0.05, 0) is 38.0 Å². The van der Waals surface area contributed by atoms with Crippen molar-refractivity contribution in [2.75, 3.05) is 13.7 Å². The molecule has 4 unspecified atom stereocenters. The maximum absolute atomic E-state index is 13.0. The zero-order chi connectivity index (χ0) is 33.8. The highest BCUT2D eigenvalue weighted by atomic mass is 16.6. The molecule has 1 aliphatic heterocycles. The van der Waals surface area contributed by atoms with Crippen LogP contribution in [0.1, 0.15) is 80.6 Å². The minimum Gasteiger partial charge on any atom is -0.490 e. The first-order valence-electron chi connectivity index (χ1n) is 15.6. The van der Waals surface area contributed by atoms with Crippen molar-refractivity contribution in [1.82, 2.24) is 16.0 Å². The van der Waals surface area contributed by atoms with Crippen LogP contribution in [-0.4, -0.2) is 55.8 Å². The first-order chi connectivity index (χ1) is 21.3. The summed E-state index contributed by atoms with van der Waals surface area (Å²) in [5, 5.41) is 8.28. The Morgan fingerprint density at radius 3 is 2.44 bits per heavy atom. The molecule has 0 aromatic heterocycles. The maximum Gasteiger partial charge on any atom is 0.407 e. The number of carbonyl (C=O) groups is 4. The minimum atomic E-state index is -0.795. The van der Waals surface area contributed by atoms with Gasteiger partial charge in [0.25, 0.3) is 0 Å². The maximum atomic E-state index is 13.0. The van der Waals surface area contributed by atoms with Crippen molar-refractivity contribution in [3.63, 3.8) is 0 Å². The monoisotopic (exact) mass is 627 g/mol. The second kappa shape index (κ2) is 20.8. The molecule has 1 rings (SSSR count). The zero-order valence-electron chi connectivity index (χ0n) is 28.2. The van der Waals surface area contributed by atoms with Gasteiger partial charge in [0, 0.05) is 37.8 Å². The number of rotatable bonds is 17. The zero-order valence-corrected chi connectivity index (χ0v) is 28.2. The number of carbonyl (C=O) groups excluding carboxylic acids is 4. The molecule has 0 aliphatic carbocycles. The number of unbranched alkanes of at least 4 members (excludes halogenated alkanes) is 1. The van der Waals surface area contributed by atoms with Crippen molar-refractivity contribution in [2.45, 2.75) is 98.8 Å². The summed E-state index contributed by atoms with van der Waals surface area (Å²) in [7, 11) is 1.44. The number of allylic oxidation sites excluding steroid dienone is 5. The molecule has 250 valence electrons. The number of nitrogens with one attached hydrogen (secondary N) is 3. The van der Waals surface area contributed by atoms with Crippen LogP contribution in [0.25, 0.3) is 0 Å². The Morgan fingerprint density at radius 1 is 1.13 bits per heavy atom. The van der Waals surface area contributed by atoms with Crippen molar-refractivity contribution in [3.8, 4) is 0 Å². The summed E-state index contributed by atoms with van der Waals surface area (Å²) < 4.78 is 16.0. The summed E-state index contributed by atoms with van der Waals surface area (Å²) in [6.07, 6.45) is 19.7. The lowest BCUT2D eigenvalue weighted by Crippen LogP contribution is -2.52. The molecule has 0 radical (unpaired) electrons. The third-order valence-electron chi connectivity index (χ3n) is 6.91. The van der Waals surface area contributed by atoms with Gasteiger partial charge in [0.05, 0.1) is 7.11 Å². The van der Waals surface area contributed by atoms with E-state index in [1.54, 1.807) is 24.3 Å². The molecule has 0 saturated carbocycles. The molecule has 10 heteroatoms. The molecule has 0 bridgehead atoms. The summed E-state index contributed by atoms with van der Waals surface area (Å²) in [6, 6.07) is -0.795. The number of alkyl carbamates (subject to hydrolysis) is 1. The standard InChI is InChI=1S/C35H53N3O7/c1-9-11-17-27(44-34(42)37-22-12-10-2)18-15-23-36-32(40)31(35(5,6)7)38-30(39)19-14-13-16-25(3)24-26(4)28-20-21-29(43-8)33(41)45-28/h9,11,13-16,19,21,23-24,26-28,31H,10,12,17-18,20,22H2,1-8H3,(H,36,40)(H,37,42)(H,38,39). The molecular weight excluding hydrogens is 574 g/mol. The Balaban J connectivity index is 2.69. The lowest BCUT2D eigenvalue weighted by atomic mass is 9.86. The Bertz CT molecular complexity index is 1160. The van der Waals surface area contributed by atoms with Crippen LogP contribution in [0.2, 0.25) is 0 Å². The highest BCUT2D eigenvalue weighted by Crippen LogP contribution is 2.23. The van der Waals surface area contributed by atoms with Crippen LogP contribution in [0.4, 0.5) is 4.79 Å². The van der Waals surface area contributed by atoms with Crippen LogP contribution in [0.5, 0.6) is 0 Å². The van der Waals surface area contributed by atoms with Crippen molar-refractivity contribution in [3.05, 3.63) is 72.2 Å². The minimum absolute atomic E-state index is 0.0118. The van der Waals surface area contributed by atoms with Crippen LogP contribution in [0.15, 0.2) is 72.2 Å². The first-order valence-corrected chi connectivity index (χ1v) is 15.6. The quantitative estimate of drug-likeness (QED) is 0.0598. The van der Waals surface area contributed by atoms with Crippen molar-refractivity contribution >= 4 is 23.9 Å². The summed E-state index contributed by atoms with van der Waals surface area (Å²) in [5.41, 5.74) is 0.391. The van der Waals surface area contributed by atoms with Gasteiger partial charge in [-0.3, -0.25) is 9.59 Å². The van der Waals surface area contributed by atoms with Gasteiger partial charge < -0.3 is 30.2 Å². The van der Waals surface area contributed by atoms with E-state index in [0.29, 0.717) is 25.8 Å². The van der Waals surface area contributed by atoms with Gasteiger partial charge in [0.1, 0.15) is 18.2 Å². The molecule has 0 aromatic carbocycles. The number of hydrogen-bond donors (Lipinski definition) is 3. The van der Waals surface area contributed by atoms with E-state index in [2.05, 4.69) is 16.0 Å². The van der Waals surface area contributed by atoms with Crippen LogP contribution in [0.3, 0.4) is 0 Å². The highest BCUT2D eigenvalue weighted by Gasteiger charge is 2.32. The molecule has 4 atom stereocenters. The van der Waals surface area contributed by atoms with Crippen molar-refractivity contribution in [2.24, 2.45) is 11.3 Å². The van der Waals surface area contributed by atoms with E-state index in [9.17, 15) is 19.2 Å². The fraction of sp³-hybridized carbons (Fsp3) is 0.543. The van der Waals surface area contributed by atoms with E-state index in [-0.39, 0.29) is 29.8 Å². The van der Waals surface area contributed by atoms with Gasteiger partial charge in [0.15, 0.2) is 5.76 Å². The lowest BCUT2D eigenvalue weighted by Gasteiger charge is -2.29. The summed E-state index contributed by atoms with van der Waals surface area (Å²) in [4.78, 5) is 49.7. The third-order valence-corrected chi connectivity index (χ3v) is 6.91. The van der Waals surface area contributed by atoms with Crippen LogP contribution >= 0.6 is 0 Å². The van der Waals surface area contributed by atoms with Gasteiger partial charge in [-0.25, -0.2) is 9.59 Å². The number of esters is 1.